The number of alkyl halides is 1. The van der Waals surface area contributed by atoms with Gasteiger partial charge in [-0.05, 0) is 42.9 Å². The summed E-state index contributed by atoms with van der Waals surface area (Å²) in [6, 6.07) is 2.58. The van der Waals surface area contributed by atoms with Gasteiger partial charge >= 0.3 is 0 Å². The van der Waals surface area contributed by atoms with Crippen LogP contribution in [0.1, 0.15) is 29.3 Å². The van der Waals surface area contributed by atoms with Crippen molar-refractivity contribution in [2.24, 2.45) is 11.8 Å². The van der Waals surface area contributed by atoms with Crippen LogP contribution >= 0.6 is 15.9 Å². The molecule has 1 aliphatic rings. The fraction of sp³-hybridized carbons (Fsp3) is 0.500. The van der Waals surface area contributed by atoms with Gasteiger partial charge in [-0.2, -0.15) is 0 Å². The normalized spacial score (nSPS) is 26.5. The summed E-state index contributed by atoms with van der Waals surface area (Å²) in [5.74, 6) is 0.416. The summed E-state index contributed by atoms with van der Waals surface area (Å²) < 4.78 is 26.9. The van der Waals surface area contributed by atoms with E-state index in [0.717, 1.165) is 6.42 Å². The molecule has 0 amide bonds. The average Bonchev–Trinajstić information content (AvgIpc) is 2.88. The number of rotatable bonds is 2. The van der Waals surface area contributed by atoms with Gasteiger partial charge in [0.1, 0.15) is 11.6 Å². The monoisotopic (exact) mass is 274 g/mol. The van der Waals surface area contributed by atoms with Gasteiger partial charge in [0.05, 0.1) is 0 Å². The second-order valence-electron chi connectivity index (χ2n) is 4.40. The molecule has 0 radical (unpaired) electrons. The van der Waals surface area contributed by atoms with E-state index in [1.165, 1.54) is 12.1 Å². The van der Waals surface area contributed by atoms with Crippen LogP contribution in [0.5, 0.6) is 0 Å². The highest BCUT2D eigenvalue weighted by Crippen LogP contribution is 2.51. The predicted molar refractivity (Wildman–Crippen MR) is 60.0 cm³/mol. The third-order valence-corrected chi connectivity index (χ3v) is 4.29. The first-order valence-corrected chi connectivity index (χ1v) is 6.02. The van der Waals surface area contributed by atoms with Crippen molar-refractivity contribution in [2.45, 2.75) is 25.1 Å². The Labute approximate surface area is 96.8 Å². The minimum Gasteiger partial charge on any atom is -0.207 e. The van der Waals surface area contributed by atoms with Crippen molar-refractivity contribution in [1.29, 1.82) is 0 Å². The van der Waals surface area contributed by atoms with Crippen molar-refractivity contribution in [3.63, 3.8) is 0 Å². The highest BCUT2D eigenvalue weighted by Gasteiger charge is 2.40. The zero-order valence-electron chi connectivity index (χ0n) is 8.73. The van der Waals surface area contributed by atoms with Crippen LogP contribution in [0.4, 0.5) is 8.78 Å². The lowest BCUT2D eigenvalue weighted by molar-refractivity contribution is 0.568. The van der Waals surface area contributed by atoms with Gasteiger partial charge in [0, 0.05) is 10.4 Å². The molecule has 0 heterocycles. The molecule has 0 spiro atoms. The van der Waals surface area contributed by atoms with Crippen LogP contribution in [0.3, 0.4) is 0 Å². The average molecular weight is 275 g/mol. The van der Waals surface area contributed by atoms with E-state index >= 15 is 0 Å². The third kappa shape index (κ3) is 2.07. The maximum atomic E-state index is 13.6. The number of aryl methyl sites for hydroxylation is 1. The first-order chi connectivity index (χ1) is 7.00. The highest BCUT2D eigenvalue weighted by molar-refractivity contribution is 9.09. The molecule has 0 saturated heterocycles. The summed E-state index contributed by atoms with van der Waals surface area (Å²) in [6.07, 6.45) is 1.09. The van der Waals surface area contributed by atoms with Gasteiger partial charge < -0.3 is 0 Å². The molecule has 0 aliphatic heterocycles. The molecule has 0 N–H and O–H groups in total. The molecule has 1 fully saturated rings. The zero-order valence-corrected chi connectivity index (χ0v) is 10.3. The van der Waals surface area contributed by atoms with Crippen molar-refractivity contribution in [1.82, 2.24) is 0 Å². The molecule has 0 bridgehead atoms. The Morgan fingerprint density at radius 3 is 2.47 bits per heavy atom. The van der Waals surface area contributed by atoms with Gasteiger partial charge in [0.15, 0.2) is 0 Å². The minimum atomic E-state index is -0.329. The van der Waals surface area contributed by atoms with Crippen LogP contribution in [-0.2, 0) is 0 Å². The summed E-state index contributed by atoms with van der Waals surface area (Å²) in [7, 11) is 0. The third-order valence-electron chi connectivity index (χ3n) is 3.12. The molecule has 1 aliphatic carbocycles. The second kappa shape index (κ2) is 3.85. The lowest BCUT2D eigenvalue weighted by Crippen LogP contribution is -2.00. The summed E-state index contributed by atoms with van der Waals surface area (Å²) in [6.45, 7) is 3.70. The smallest absolute Gasteiger partial charge is 0.128 e. The Balaban J connectivity index is 2.31. The standard InChI is InChI=1S/C12H13BrF2/c1-6-3-8(6)12(13)9-5-10(14)7(2)4-11(9)15/h4-6,8,12H,3H2,1-2H3. The number of hydrogen-bond acceptors (Lipinski definition) is 0. The fourth-order valence-electron chi connectivity index (χ4n) is 1.86. The lowest BCUT2D eigenvalue weighted by atomic mass is 10.0. The first kappa shape index (κ1) is 11.1. The van der Waals surface area contributed by atoms with E-state index in [2.05, 4.69) is 22.9 Å². The van der Waals surface area contributed by atoms with Gasteiger partial charge in [-0.3, -0.25) is 0 Å². The minimum absolute atomic E-state index is 0.0531. The van der Waals surface area contributed by atoms with E-state index in [4.69, 9.17) is 0 Å². The Morgan fingerprint density at radius 2 is 1.93 bits per heavy atom. The van der Waals surface area contributed by atoms with Crippen molar-refractivity contribution in [3.05, 3.63) is 34.9 Å². The molecule has 0 nitrogen and oxygen atoms in total. The maximum absolute atomic E-state index is 13.6. The van der Waals surface area contributed by atoms with E-state index in [1.807, 2.05) is 0 Å². The molecule has 82 valence electrons. The lowest BCUT2D eigenvalue weighted by Gasteiger charge is -2.11. The van der Waals surface area contributed by atoms with Gasteiger partial charge in [-0.15, -0.1) is 0 Å². The summed E-state index contributed by atoms with van der Waals surface area (Å²) in [5, 5.41) is 0. The van der Waals surface area contributed by atoms with E-state index in [-0.39, 0.29) is 16.5 Å². The molecule has 1 aromatic carbocycles. The fourth-order valence-corrected chi connectivity index (χ4v) is 2.95. The van der Waals surface area contributed by atoms with Crippen LogP contribution in [0.2, 0.25) is 0 Å². The van der Waals surface area contributed by atoms with E-state index < -0.39 is 0 Å². The van der Waals surface area contributed by atoms with Crippen molar-refractivity contribution in [2.75, 3.05) is 0 Å². The SMILES string of the molecule is Cc1cc(F)c(C(Br)C2CC2C)cc1F. The highest BCUT2D eigenvalue weighted by atomic mass is 79.9. The number of hydrogen-bond donors (Lipinski definition) is 0. The molecule has 1 saturated carbocycles. The predicted octanol–water partition coefficient (Wildman–Crippen LogP) is 4.37. The van der Waals surface area contributed by atoms with E-state index in [9.17, 15) is 8.78 Å². The summed E-state index contributed by atoms with van der Waals surface area (Å²) >= 11 is 3.46. The second-order valence-corrected chi connectivity index (χ2v) is 5.39. The zero-order chi connectivity index (χ0) is 11.2. The van der Waals surface area contributed by atoms with Crippen molar-refractivity contribution in [3.8, 4) is 0 Å². The summed E-state index contributed by atoms with van der Waals surface area (Å²) in [5.41, 5.74) is 0.812. The Hall–Kier alpha value is -0.440. The maximum Gasteiger partial charge on any atom is 0.128 e. The van der Waals surface area contributed by atoms with Crippen LogP contribution in [0.15, 0.2) is 12.1 Å². The Kier molecular flexibility index (Phi) is 2.84. The van der Waals surface area contributed by atoms with Gasteiger partial charge in [-0.25, -0.2) is 8.78 Å². The number of benzene rings is 1. The molecule has 3 heteroatoms. The van der Waals surface area contributed by atoms with E-state index in [0.29, 0.717) is 23.0 Å². The van der Waals surface area contributed by atoms with Crippen molar-refractivity contribution < 1.29 is 8.78 Å². The van der Waals surface area contributed by atoms with E-state index in [1.54, 1.807) is 6.92 Å². The van der Waals surface area contributed by atoms with Crippen molar-refractivity contribution >= 4 is 15.9 Å². The Bertz CT molecular complexity index is 389. The molecule has 3 unspecified atom stereocenters. The molecule has 0 aromatic heterocycles. The quantitative estimate of drug-likeness (QED) is 0.703. The molecule has 3 atom stereocenters. The molecule has 15 heavy (non-hydrogen) atoms. The summed E-state index contributed by atoms with van der Waals surface area (Å²) in [4.78, 5) is -0.0531. The molecule has 2 rings (SSSR count). The molecule has 1 aromatic rings. The largest absolute Gasteiger partial charge is 0.207 e. The van der Waals surface area contributed by atoms with Crippen LogP contribution in [0.25, 0.3) is 0 Å². The van der Waals surface area contributed by atoms with Gasteiger partial charge in [-0.1, -0.05) is 22.9 Å². The Morgan fingerprint density at radius 1 is 1.33 bits per heavy atom. The van der Waals surface area contributed by atoms with Gasteiger partial charge in [0.2, 0.25) is 0 Å². The van der Waals surface area contributed by atoms with Crippen LogP contribution in [0, 0.1) is 30.4 Å². The van der Waals surface area contributed by atoms with Crippen LogP contribution < -0.4 is 0 Å². The molecular weight excluding hydrogens is 262 g/mol. The topological polar surface area (TPSA) is 0 Å². The first-order valence-electron chi connectivity index (χ1n) is 5.10. The molecular formula is C12H13BrF2. The van der Waals surface area contributed by atoms with Gasteiger partial charge in [0.25, 0.3) is 0 Å². The van der Waals surface area contributed by atoms with Crippen LogP contribution in [-0.4, -0.2) is 0 Å². The number of halogens is 3.